The van der Waals surface area contributed by atoms with Gasteiger partial charge >= 0.3 is 0 Å². The summed E-state index contributed by atoms with van der Waals surface area (Å²) >= 11 is 0. The minimum absolute atomic E-state index is 0.319. The summed E-state index contributed by atoms with van der Waals surface area (Å²) in [7, 11) is 0. The van der Waals surface area contributed by atoms with Gasteiger partial charge in [-0.25, -0.2) is 4.39 Å². The van der Waals surface area contributed by atoms with E-state index in [0.717, 1.165) is 25.3 Å². The number of nitriles is 1. The number of anilines is 1. The summed E-state index contributed by atoms with van der Waals surface area (Å²) in [6.07, 6.45) is 3.83. The molecule has 0 amide bonds. The highest BCUT2D eigenvalue weighted by atomic mass is 19.1. The average molecular weight is 259 g/mol. The molecule has 1 unspecified atom stereocenters. The molecule has 19 heavy (non-hydrogen) atoms. The third-order valence-electron chi connectivity index (χ3n) is 4.21. The van der Waals surface area contributed by atoms with Gasteiger partial charge < -0.3 is 4.90 Å². The van der Waals surface area contributed by atoms with Crippen LogP contribution in [0.5, 0.6) is 0 Å². The zero-order chi connectivity index (χ0) is 13.2. The van der Waals surface area contributed by atoms with E-state index in [9.17, 15) is 4.39 Å². The van der Waals surface area contributed by atoms with Crippen LogP contribution in [0.25, 0.3) is 0 Å². The fraction of sp³-hybridized carbons (Fsp3) is 0.533. The SMILES string of the molecule is N#Cc1cc(F)cc(N2CCN3CCCCC3C2)c1. The van der Waals surface area contributed by atoms with E-state index in [2.05, 4.69) is 9.80 Å². The fourth-order valence-corrected chi connectivity index (χ4v) is 3.21. The highest BCUT2D eigenvalue weighted by Crippen LogP contribution is 2.26. The molecular formula is C15H18FN3. The van der Waals surface area contributed by atoms with Crippen molar-refractivity contribution in [3.05, 3.63) is 29.6 Å². The monoisotopic (exact) mass is 259 g/mol. The number of nitrogens with zero attached hydrogens (tertiary/aromatic N) is 3. The minimum Gasteiger partial charge on any atom is -0.369 e. The Balaban J connectivity index is 1.79. The van der Waals surface area contributed by atoms with Crippen LogP contribution in [-0.4, -0.2) is 37.1 Å². The Kier molecular flexibility index (Phi) is 3.39. The molecule has 2 aliphatic rings. The predicted molar refractivity (Wildman–Crippen MR) is 72.5 cm³/mol. The van der Waals surface area contributed by atoms with Crippen molar-refractivity contribution in [1.82, 2.24) is 4.90 Å². The van der Waals surface area contributed by atoms with Crippen molar-refractivity contribution in [3.8, 4) is 6.07 Å². The van der Waals surface area contributed by atoms with Gasteiger partial charge in [0.05, 0.1) is 11.6 Å². The van der Waals surface area contributed by atoms with Gasteiger partial charge in [0.2, 0.25) is 0 Å². The lowest BCUT2D eigenvalue weighted by Gasteiger charge is -2.45. The highest BCUT2D eigenvalue weighted by Gasteiger charge is 2.29. The summed E-state index contributed by atoms with van der Waals surface area (Å²) in [5.41, 5.74) is 1.25. The number of halogens is 1. The van der Waals surface area contributed by atoms with Crippen LogP contribution in [0.2, 0.25) is 0 Å². The van der Waals surface area contributed by atoms with Crippen molar-refractivity contribution in [2.24, 2.45) is 0 Å². The summed E-state index contributed by atoms with van der Waals surface area (Å²) in [6, 6.07) is 7.25. The lowest BCUT2D eigenvalue weighted by molar-refractivity contribution is 0.133. The summed E-state index contributed by atoms with van der Waals surface area (Å²) in [4.78, 5) is 4.76. The third-order valence-corrected chi connectivity index (χ3v) is 4.21. The van der Waals surface area contributed by atoms with Crippen LogP contribution >= 0.6 is 0 Å². The lowest BCUT2D eigenvalue weighted by atomic mass is 9.99. The van der Waals surface area contributed by atoms with Crippen molar-refractivity contribution in [2.75, 3.05) is 31.1 Å². The van der Waals surface area contributed by atoms with Gasteiger partial charge in [0.15, 0.2) is 0 Å². The molecule has 0 aliphatic carbocycles. The van der Waals surface area contributed by atoms with E-state index in [0.29, 0.717) is 11.6 Å². The van der Waals surface area contributed by atoms with Gasteiger partial charge in [0.25, 0.3) is 0 Å². The normalized spacial score (nSPS) is 23.8. The van der Waals surface area contributed by atoms with E-state index in [1.165, 1.54) is 31.9 Å². The van der Waals surface area contributed by atoms with E-state index < -0.39 is 0 Å². The van der Waals surface area contributed by atoms with Crippen LogP contribution in [0.4, 0.5) is 10.1 Å². The van der Waals surface area contributed by atoms with Crippen molar-refractivity contribution in [2.45, 2.75) is 25.3 Å². The molecule has 100 valence electrons. The Labute approximate surface area is 113 Å². The Morgan fingerprint density at radius 1 is 1.16 bits per heavy atom. The zero-order valence-electron chi connectivity index (χ0n) is 11.0. The summed E-state index contributed by atoms with van der Waals surface area (Å²) < 4.78 is 13.5. The second kappa shape index (κ2) is 5.18. The molecule has 4 heteroatoms. The molecule has 2 heterocycles. The number of hydrogen-bond acceptors (Lipinski definition) is 3. The quantitative estimate of drug-likeness (QED) is 0.775. The molecule has 0 N–H and O–H groups in total. The highest BCUT2D eigenvalue weighted by molar-refractivity contribution is 5.52. The van der Waals surface area contributed by atoms with Gasteiger partial charge in [-0.15, -0.1) is 0 Å². The van der Waals surface area contributed by atoms with Gasteiger partial charge in [-0.05, 0) is 37.6 Å². The topological polar surface area (TPSA) is 30.3 Å². The third kappa shape index (κ3) is 2.57. The van der Waals surface area contributed by atoms with E-state index >= 15 is 0 Å². The molecule has 3 nitrogen and oxygen atoms in total. The Hall–Kier alpha value is -1.60. The van der Waals surface area contributed by atoms with Crippen LogP contribution in [0.1, 0.15) is 24.8 Å². The second-order valence-electron chi connectivity index (χ2n) is 5.44. The van der Waals surface area contributed by atoms with E-state index in [4.69, 9.17) is 5.26 Å². The molecule has 2 saturated heterocycles. The van der Waals surface area contributed by atoms with Crippen molar-refractivity contribution in [3.63, 3.8) is 0 Å². The summed E-state index contributed by atoms with van der Waals surface area (Å²) in [6.45, 7) is 4.12. The number of fused-ring (bicyclic) bond motifs is 1. The van der Waals surface area contributed by atoms with Gasteiger partial charge in [0.1, 0.15) is 5.82 Å². The van der Waals surface area contributed by atoms with Gasteiger partial charge in [-0.2, -0.15) is 5.26 Å². The molecule has 0 saturated carbocycles. The Morgan fingerprint density at radius 3 is 2.89 bits per heavy atom. The van der Waals surface area contributed by atoms with Crippen molar-refractivity contribution < 1.29 is 4.39 Å². The maximum absolute atomic E-state index is 13.5. The molecule has 2 aliphatic heterocycles. The first-order valence-corrected chi connectivity index (χ1v) is 6.96. The Bertz CT molecular complexity index is 509. The zero-order valence-corrected chi connectivity index (χ0v) is 11.0. The summed E-state index contributed by atoms with van der Waals surface area (Å²) in [5.74, 6) is -0.319. The average Bonchev–Trinajstić information content (AvgIpc) is 2.46. The van der Waals surface area contributed by atoms with Crippen LogP contribution < -0.4 is 4.90 Å². The predicted octanol–water partition coefficient (Wildman–Crippen LogP) is 2.37. The van der Waals surface area contributed by atoms with Gasteiger partial charge in [-0.1, -0.05) is 6.42 Å². The molecule has 0 spiro atoms. The van der Waals surface area contributed by atoms with Crippen molar-refractivity contribution >= 4 is 5.69 Å². The molecule has 0 aromatic heterocycles. The number of rotatable bonds is 1. The molecular weight excluding hydrogens is 241 g/mol. The first-order chi connectivity index (χ1) is 9.26. The number of hydrogen-bond donors (Lipinski definition) is 0. The number of benzene rings is 1. The first-order valence-electron chi connectivity index (χ1n) is 6.96. The number of piperazine rings is 1. The molecule has 1 atom stereocenters. The largest absolute Gasteiger partial charge is 0.369 e. The molecule has 0 radical (unpaired) electrons. The summed E-state index contributed by atoms with van der Waals surface area (Å²) in [5, 5.41) is 8.93. The Morgan fingerprint density at radius 2 is 2.05 bits per heavy atom. The minimum atomic E-state index is -0.319. The van der Waals surface area contributed by atoms with Crippen molar-refractivity contribution in [1.29, 1.82) is 5.26 Å². The smallest absolute Gasteiger partial charge is 0.126 e. The maximum atomic E-state index is 13.5. The van der Waals surface area contributed by atoms with Crippen LogP contribution in [0, 0.1) is 17.1 Å². The maximum Gasteiger partial charge on any atom is 0.126 e. The standard InChI is InChI=1S/C15H18FN3/c16-13-7-12(10-17)8-15(9-13)19-6-5-18-4-2-1-3-14(18)11-19/h7-9,14H,1-6,11H2. The molecule has 1 aromatic rings. The van der Waals surface area contributed by atoms with Crippen LogP contribution in [-0.2, 0) is 0 Å². The van der Waals surface area contributed by atoms with Crippen LogP contribution in [0.15, 0.2) is 18.2 Å². The second-order valence-corrected chi connectivity index (χ2v) is 5.44. The first kappa shape index (κ1) is 12.4. The van der Waals surface area contributed by atoms with E-state index in [-0.39, 0.29) is 5.82 Å². The number of piperidine rings is 1. The van der Waals surface area contributed by atoms with Crippen LogP contribution in [0.3, 0.4) is 0 Å². The van der Waals surface area contributed by atoms with E-state index in [1.807, 2.05) is 6.07 Å². The lowest BCUT2D eigenvalue weighted by Crippen LogP contribution is -2.54. The molecule has 2 fully saturated rings. The van der Waals surface area contributed by atoms with Gasteiger partial charge in [0, 0.05) is 31.4 Å². The fourth-order valence-electron chi connectivity index (χ4n) is 3.21. The molecule has 1 aromatic carbocycles. The molecule has 0 bridgehead atoms. The van der Waals surface area contributed by atoms with Gasteiger partial charge in [-0.3, -0.25) is 4.90 Å². The molecule has 3 rings (SSSR count). The van der Waals surface area contributed by atoms with E-state index in [1.54, 1.807) is 12.1 Å².